The normalized spacial score (nSPS) is 22.5. The molecule has 0 aromatic heterocycles. The van der Waals surface area contributed by atoms with Crippen molar-refractivity contribution in [1.82, 2.24) is 10.6 Å². The van der Waals surface area contributed by atoms with Crippen LogP contribution in [0.2, 0.25) is 0 Å². The molecule has 0 spiro atoms. The number of fused-ring (bicyclic) bond motifs is 3. The molecule has 2 aromatic rings. The van der Waals surface area contributed by atoms with Crippen LogP contribution >= 0.6 is 0 Å². The van der Waals surface area contributed by atoms with E-state index in [1.165, 1.54) is 63.8 Å². The van der Waals surface area contributed by atoms with Gasteiger partial charge in [0.25, 0.3) is 0 Å². The summed E-state index contributed by atoms with van der Waals surface area (Å²) in [5.41, 5.74) is -4.04. The van der Waals surface area contributed by atoms with Gasteiger partial charge in [-0.2, -0.15) is 0 Å². The van der Waals surface area contributed by atoms with Crippen LogP contribution in [0.15, 0.2) is 42.5 Å². The Morgan fingerprint density at radius 1 is 0.894 bits per heavy atom. The summed E-state index contributed by atoms with van der Waals surface area (Å²) >= 11 is 0. The first-order chi connectivity index (χ1) is 31.8. The van der Waals surface area contributed by atoms with Crippen molar-refractivity contribution >= 4 is 29.4 Å². The number of benzene rings is 2. The van der Waals surface area contributed by atoms with Gasteiger partial charge >= 0.3 is 6.09 Å². The number of amides is 2. The van der Waals surface area contributed by atoms with Gasteiger partial charge in [0.05, 0.1) is 48.7 Å². The molecule has 1 fully saturated rings. The number of nitrogens with one attached hydrogen (secondary N) is 2. The molecular weight excluding hydrogens is 853 g/mol. The van der Waals surface area contributed by atoms with Gasteiger partial charge in [0.15, 0.2) is 17.9 Å². The number of methoxy groups -OCH3 is 1. The molecular formula is C50H68N2O14. The molecule has 1 saturated heterocycles. The van der Waals surface area contributed by atoms with E-state index < -0.39 is 108 Å². The number of aliphatic hydroxyl groups is 3. The van der Waals surface area contributed by atoms with E-state index in [4.69, 9.17) is 18.9 Å². The maximum absolute atomic E-state index is 14.0. The van der Waals surface area contributed by atoms with Crippen LogP contribution in [-0.4, -0.2) is 112 Å². The molecule has 16 heteroatoms. The highest BCUT2D eigenvalue weighted by atomic mass is 16.7. The molecule has 0 bridgehead atoms. The fraction of sp³-hybridized carbons (Fsp3) is 0.580. The summed E-state index contributed by atoms with van der Waals surface area (Å²) in [7, 11) is 1.31. The largest absolute Gasteiger partial charge is 0.507 e. The van der Waals surface area contributed by atoms with Gasteiger partial charge in [-0.15, -0.1) is 0 Å². The maximum Gasteiger partial charge on any atom is 0.407 e. The van der Waals surface area contributed by atoms with Crippen molar-refractivity contribution in [2.75, 3.05) is 26.9 Å². The number of alkyl carbamates (subject to hydrolysis) is 1. The third kappa shape index (κ3) is 13.1. The molecule has 1 unspecified atom stereocenters. The van der Waals surface area contributed by atoms with Crippen LogP contribution in [0.4, 0.5) is 4.79 Å². The fourth-order valence-electron chi connectivity index (χ4n) is 8.88. The van der Waals surface area contributed by atoms with Crippen molar-refractivity contribution in [3.63, 3.8) is 0 Å². The third-order valence-electron chi connectivity index (χ3n) is 12.5. The highest BCUT2D eigenvalue weighted by Gasteiger charge is 2.50. The van der Waals surface area contributed by atoms with Crippen LogP contribution < -0.4 is 15.4 Å². The SMILES string of the molecule is CCCCC/C=C\C/C=C\CCCCCCCCOC(=O)NCCCC(=O)NC1C[C@H](O[C@H]2C[C@](O)(C(=O)CO)Cc3c(O)c4c(c(O)c32)C(=O)c2c(OC)cccc2C4=O)O[C@@H](C)[C@H]1O. The van der Waals surface area contributed by atoms with E-state index in [1.807, 2.05) is 0 Å². The van der Waals surface area contributed by atoms with E-state index in [9.17, 15) is 49.5 Å². The lowest BCUT2D eigenvalue weighted by atomic mass is 9.72. The Labute approximate surface area is 386 Å². The number of Topliss-reactive ketones (excluding diaryl/α,β-unsaturated/α-hetero) is 1. The lowest BCUT2D eigenvalue weighted by molar-refractivity contribution is -0.249. The monoisotopic (exact) mass is 920 g/mol. The van der Waals surface area contributed by atoms with Crippen molar-refractivity contribution in [3.05, 3.63) is 75.9 Å². The molecule has 0 saturated carbocycles. The minimum Gasteiger partial charge on any atom is -0.507 e. The summed E-state index contributed by atoms with van der Waals surface area (Å²) in [6.45, 7) is 3.16. The second-order valence-electron chi connectivity index (χ2n) is 17.4. The number of ether oxygens (including phenoxy) is 4. The number of phenolic OH excluding ortho intramolecular Hbond substituents is 2. The van der Waals surface area contributed by atoms with Gasteiger partial charge in [0, 0.05) is 48.9 Å². The van der Waals surface area contributed by atoms with E-state index in [2.05, 4.69) is 41.9 Å². The smallest absolute Gasteiger partial charge is 0.407 e. The number of carbonyl (C=O) groups excluding carboxylic acids is 5. The quantitative estimate of drug-likeness (QED) is 0.0273. The molecule has 7 N–H and O–H groups in total. The molecule has 2 aliphatic carbocycles. The first kappa shape index (κ1) is 51.8. The van der Waals surface area contributed by atoms with Crippen LogP contribution in [0.1, 0.15) is 166 Å². The highest BCUT2D eigenvalue weighted by molar-refractivity contribution is 6.31. The number of hydrogen-bond donors (Lipinski definition) is 7. The first-order valence-electron chi connectivity index (χ1n) is 23.5. The summed E-state index contributed by atoms with van der Waals surface area (Å²) in [6, 6.07) is 3.41. The van der Waals surface area contributed by atoms with Crippen LogP contribution in [0.25, 0.3) is 0 Å². The second kappa shape index (κ2) is 25.1. The zero-order valence-electron chi connectivity index (χ0n) is 38.5. The minimum absolute atomic E-state index is 0.00144. The molecule has 16 nitrogen and oxygen atoms in total. The molecule has 3 aliphatic rings. The number of rotatable bonds is 25. The van der Waals surface area contributed by atoms with Gasteiger partial charge in [-0.3, -0.25) is 19.2 Å². The predicted octanol–water partition coefficient (Wildman–Crippen LogP) is 6.48. The van der Waals surface area contributed by atoms with E-state index in [0.29, 0.717) is 6.61 Å². The van der Waals surface area contributed by atoms with Crippen molar-refractivity contribution in [3.8, 4) is 17.2 Å². The van der Waals surface area contributed by atoms with E-state index in [1.54, 1.807) is 6.92 Å². The minimum atomic E-state index is -2.34. The molecule has 1 aliphatic heterocycles. The Kier molecular flexibility index (Phi) is 19.7. The van der Waals surface area contributed by atoms with Crippen LogP contribution in [0.3, 0.4) is 0 Å². The Hall–Kier alpha value is -5.13. The van der Waals surface area contributed by atoms with Gasteiger partial charge in [-0.05, 0) is 57.9 Å². The van der Waals surface area contributed by atoms with Gasteiger partial charge in [-0.1, -0.05) is 81.9 Å². The Morgan fingerprint density at radius 3 is 2.27 bits per heavy atom. The van der Waals surface area contributed by atoms with Crippen LogP contribution in [-0.2, 0) is 30.2 Å². The first-order valence-corrected chi connectivity index (χ1v) is 23.5. The summed E-state index contributed by atoms with van der Waals surface area (Å²) in [4.78, 5) is 66.0. The topological polar surface area (TPSA) is 247 Å². The Balaban J connectivity index is 1.08. The number of aromatic hydroxyl groups is 2. The van der Waals surface area contributed by atoms with Gasteiger partial charge < -0.3 is 55.1 Å². The highest BCUT2D eigenvalue weighted by Crippen LogP contribution is 2.52. The molecule has 0 radical (unpaired) electrons. The Morgan fingerprint density at radius 2 is 1.58 bits per heavy atom. The van der Waals surface area contributed by atoms with Crippen LogP contribution in [0.5, 0.6) is 17.2 Å². The molecule has 2 aromatic carbocycles. The number of aliphatic hydroxyl groups excluding tert-OH is 2. The van der Waals surface area contributed by atoms with Crippen molar-refractivity contribution in [1.29, 1.82) is 0 Å². The molecule has 362 valence electrons. The number of phenols is 2. The molecule has 5 rings (SSSR count). The van der Waals surface area contributed by atoms with Crippen molar-refractivity contribution in [2.24, 2.45) is 0 Å². The average molecular weight is 921 g/mol. The van der Waals surface area contributed by atoms with Gasteiger partial charge in [-0.25, -0.2) is 4.79 Å². The van der Waals surface area contributed by atoms with E-state index >= 15 is 0 Å². The molecule has 6 atom stereocenters. The number of hydrogen-bond acceptors (Lipinski definition) is 14. The molecule has 1 heterocycles. The molecule has 2 amide bonds. The van der Waals surface area contributed by atoms with E-state index in [0.717, 1.165) is 38.5 Å². The van der Waals surface area contributed by atoms with E-state index in [-0.39, 0.29) is 53.8 Å². The van der Waals surface area contributed by atoms with Crippen LogP contribution in [0, 0.1) is 0 Å². The summed E-state index contributed by atoms with van der Waals surface area (Å²) in [6.07, 6.45) is 15.9. The number of allylic oxidation sites excluding steroid dienone is 4. The maximum atomic E-state index is 14.0. The van der Waals surface area contributed by atoms with Crippen molar-refractivity contribution < 1.29 is 68.5 Å². The van der Waals surface area contributed by atoms with Crippen molar-refractivity contribution in [2.45, 2.75) is 159 Å². The lowest BCUT2D eigenvalue weighted by Gasteiger charge is -2.43. The number of ketones is 3. The zero-order chi connectivity index (χ0) is 47.8. The zero-order valence-corrected chi connectivity index (χ0v) is 38.5. The standard InChI is InChI=1S/C50H68N2O14/c1-4-5-6-7-8-9-10-11-12-13-14-15-16-17-18-19-26-64-49(61)51-25-21-24-38(55)52-34-27-39(65-31(2)44(34)56)66-36-29-50(62,37(54)30-53)28-33-41(36)48(60)43-42(46(33)58)45(57)32-22-20-23-35(63-3)40(32)47(43)59/h8-9,11-12,20,22-23,31,34,36,39,44,53,56,58,60,62H,4-7,10,13-19,21,24-30H2,1-3H3,(H,51,61)(H,52,55)/b9-8-,12-11-/t31-,34?,36-,39-,44+,50-/m0/s1. The third-order valence-corrected chi connectivity index (χ3v) is 12.5. The van der Waals surface area contributed by atoms with Gasteiger partial charge in [0.1, 0.15) is 35.6 Å². The molecule has 66 heavy (non-hydrogen) atoms. The second-order valence-corrected chi connectivity index (χ2v) is 17.4. The van der Waals surface area contributed by atoms with Gasteiger partial charge in [0.2, 0.25) is 11.7 Å². The number of carbonyl (C=O) groups is 5. The fourth-order valence-corrected chi connectivity index (χ4v) is 8.88. The lowest BCUT2D eigenvalue weighted by Crippen LogP contribution is -2.55. The predicted molar refractivity (Wildman–Crippen MR) is 244 cm³/mol. The Bertz CT molecular complexity index is 2080. The summed E-state index contributed by atoms with van der Waals surface area (Å²) in [5.74, 6) is -4.49. The average Bonchev–Trinajstić information content (AvgIpc) is 3.30. The summed E-state index contributed by atoms with van der Waals surface area (Å²) < 4.78 is 22.8. The summed E-state index contributed by atoms with van der Waals surface area (Å²) in [5, 5.41) is 61.2. The number of unbranched alkanes of at least 4 members (excludes halogenated alkanes) is 9.